The molecule has 1 atom stereocenters. The molecule has 0 spiro atoms. The molecule has 0 amide bonds. The molecular weight excluding hydrogens is 380 g/mol. The van der Waals surface area contributed by atoms with Gasteiger partial charge >= 0.3 is 0 Å². The summed E-state index contributed by atoms with van der Waals surface area (Å²) in [5, 5.41) is 0.929. The molecule has 0 fully saturated rings. The van der Waals surface area contributed by atoms with Gasteiger partial charge in [0, 0.05) is 23.9 Å². The van der Waals surface area contributed by atoms with Crippen LogP contribution in [0.1, 0.15) is 44.8 Å². The molecule has 2 aromatic heterocycles. The summed E-state index contributed by atoms with van der Waals surface area (Å²) in [7, 11) is -4.19. The Morgan fingerprint density at radius 2 is 1.07 bits per heavy atom. The molecule has 0 saturated carbocycles. The van der Waals surface area contributed by atoms with Crippen LogP contribution >= 0.6 is 0 Å². The van der Waals surface area contributed by atoms with Gasteiger partial charge in [0.2, 0.25) is 0 Å². The number of pyridine rings is 2. The predicted molar refractivity (Wildman–Crippen MR) is 112 cm³/mol. The minimum atomic E-state index is -3.21. The van der Waals surface area contributed by atoms with Crippen LogP contribution in [0.2, 0.25) is 0 Å². The van der Waals surface area contributed by atoms with Gasteiger partial charge < -0.3 is 0 Å². The van der Waals surface area contributed by atoms with Gasteiger partial charge in [-0.1, -0.05) is 0 Å². The molecule has 2 heterocycles. The molecule has 5 nitrogen and oxygen atoms in total. The van der Waals surface area contributed by atoms with Gasteiger partial charge in [-0.15, -0.1) is 0 Å². The average Bonchev–Trinajstić information content (AvgIpc) is 2.56. The Morgan fingerprint density at radius 3 is 1.48 bits per heavy atom. The Bertz CT molecular complexity index is 1010. The summed E-state index contributed by atoms with van der Waals surface area (Å²) in [5.74, 6) is 0. The highest BCUT2D eigenvalue weighted by Crippen LogP contribution is 2.21. The van der Waals surface area contributed by atoms with Gasteiger partial charge in [0.15, 0.2) is 14.9 Å². The van der Waals surface area contributed by atoms with E-state index in [0.717, 1.165) is 38.7 Å². The third-order valence-electron chi connectivity index (χ3n) is 5.14. The summed E-state index contributed by atoms with van der Waals surface area (Å²) in [5.41, 5.74) is 8.07. The van der Waals surface area contributed by atoms with Crippen LogP contribution in [0.4, 0.5) is 0 Å². The van der Waals surface area contributed by atoms with E-state index in [0.29, 0.717) is 0 Å². The van der Waals surface area contributed by atoms with Crippen molar-refractivity contribution in [2.24, 2.45) is 0 Å². The van der Waals surface area contributed by atoms with Crippen molar-refractivity contribution in [3.05, 3.63) is 44.8 Å². The molecule has 1 unspecified atom stereocenters. The van der Waals surface area contributed by atoms with E-state index in [2.05, 4.69) is 16.9 Å². The van der Waals surface area contributed by atoms with Crippen molar-refractivity contribution >= 4 is 20.6 Å². The first kappa shape index (κ1) is 23.4. The van der Waals surface area contributed by atoms with Crippen LogP contribution in [0.5, 0.6) is 0 Å². The van der Waals surface area contributed by atoms with Gasteiger partial charge in [-0.25, -0.2) is 18.4 Å². The molecule has 0 N–H and O–H groups in total. The van der Waals surface area contributed by atoms with Crippen LogP contribution in [-0.4, -0.2) is 35.1 Å². The first-order valence-electron chi connectivity index (χ1n) is 8.62. The van der Waals surface area contributed by atoms with Crippen LogP contribution < -0.4 is 0 Å². The van der Waals surface area contributed by atoms with E-state index in [9.17, 15) is 12.6 Å². The molecular formula is C20H30N2O3S2. The summed E-state index contributed by atoms with van der Waals surface area (Å²) in [4.78, 5) is 8.45. The SMILES string of the molecule is Cc1nc(S(C)(=O)=O)c(C)c(C)c1C.Cc1nc(S(C)=O)c(C)c(C)c1C. The van der Waals surface area contributed by atoms with E-state index in [1.807, 2.05) is 41.5 Å². The second-order valence-corrected chi connectivity index (χ2v) is 10.2. The normalized spacial score (nSPS) is 12.4. The molecule has 2 rings (SSSR count). The lowest BCUT2D eigenvalue weighted by Crippen LogP contribution is -2.08. The molecule has 0 aliphatic carbocycles. The fourth-order valence-electron chi connectivity index (χ4n) is 2.71. The van der Waals surface area contributed by atoms with E-state index in [1.165, 1.54) is 17.4 Å². The molecule has 2 aromatic rings. The number of rotatable bonds is 2. The van der Waals surface area contributed by atoms with Crippen molar-refractivity contribution in [2.45, 2.75) is 65.4 Å². The minimum Gasteiger partial charge on any atom is -0.253 e. The third-order valence-corrected chi connectivity index (χ3v) is 7.18. The number of sulfone groups is 1. The summed E-state index contributed by atoms with van der Waals surface area (Å²) >= 11 is 0. The molecule has 0 saturated heterocycles. The van der Waals surface area contributed by atoms with Gasteiger partial charge in [-0.05, 0) is 88.8 Å². The smallest absolute Gasteiger partial charge is 0.193 e. The number of aromatic nitrogens is 2. The van der Waals surface area contributed by atoms with Crippen molar-refractivity contribution in [3.8, 4) is 0 Å². The van der Waals surface area contributed by atoms with Gasteiger partial charge in [0.25, 0.3) is 0 Å². The fraction of sp³-hybridized carbons (Fsp3) is 0.500. The Morgan fingerprint density at radius 1 is 0.667 bits per heavy atom. The quantitative estimate of drug-likeness (QED) is 0.753. The highest BCUT2D eigenvalue weighted by atomic mass is 32.2. The third kappa shape index (κ3) is 5.23. The Balaban J connectivity index is 0.000000271. The number of hydrogen-bond donors (Lipinski definition) is 0. The van der Waals surface area contributed by atoms with E-state index in [1.54, 1.807) is 13.2 Å². The zero-order valence-electron chi connectivity index (χ0n) is 17.9. The lowest BCUT2D eigenvalue weighted by molar-refractivity contribution is 0.596. The lowest BCUT2D eigenvalue weighted by Gasteiger charge is -2.11. The summed E-state index contributed by atoms with van der Waals surface area (Å²) in [6.07, 6.45) is 2.86. The molecule has 0 aliphatic heterocycles. The van der Waals surface area contributed by atoms with Crippen molar-refractivity contribution in [3.63, 3.8) is 0 Å². The van der Waals surface area contributed by atoms with Crippen LogP contribution in [0.25, 0.3) is 0 Å². The average molecular weight is 411 g/mol. The van der Waals surface area contributed by atoms with Crippen molar-refractivity contribution in [1.29, 1.82) is 0 Å². The number of nitrogens with zero attached hydrogens (tertiary/aromatic N) is 2. The maximum absolute atomic E-state index is 11.4. The second kappa shape index (κ2) is 8.61. The van der Waals surface area contributed by atoms with Crippen LogP contribution in [-0.2, 0) is 20.6 Å². The predicted octanol–water partition coefficient (Wildman–Crippen LogP) is 3.77. The van der Waals surface area contributed by atoms with Gasteiger partial charge in [-0.2, -0.15) is 0 Å². The van der Waals surface area contributed by atoms with Gasteiger partial charge in [0.1, 0.15) is 5.03 Å². The lowest BCUT2D eigenvalue weighted by atomic mass is 10.1. The monoisotopic (exact) mass is 410 g/mol. The van der Waals surface area contributed by atoms with Crippen LogP contribution in [0, 0.1) is 55.4 Å². The molecule has 0 bridgehead atoms. The largest absolute Gasteiger partial charge is 0.253 e. The molecule has 0 radical (unpaired) electrons. The standard InChI is InChI=1S/C10H15NO2S.C10H15NOS/c1-6-7(2)9(4)11-10(8(6)3)14(5,12)13;1-6-7(2)9(4)11-10(8(6)3)13(5)12/h1-5H3;1-5H3. The summed E-state index contributed by atoms with van der Waals surface area (Å²) < 4.78 is 34.1. The van der Waals surface area contributed by atoms with E-state index in [-0.39, 0.29) is 5.03 Å². The first-order valence-corrected chi connectivity index (χ1v) is 12.1. The molecule has 0 aliphatic rings. The van der Waals surface area contributed by atoms with Gasteiger partial charge in [-0.3, -0.25) is 4.21 Å². The summed E-state index contributed by atoms with van der Waals surface area (Å²) in [6.45, 7) is 15.5. The van der Waals surface area contributed by atoms with Crippen molar-refractivity contribution in [1.82, 2.24) is 9.97 Å². The zero-order valence-corrected chi connectivity index (χ0v) is 19.6. The molecule has 0 aromatic carbocycles. The van der Waals surface area contributed by atoms with Crippen LogP contribution in [0.15, 0.2) is 10.1 Å². The second-order valence-electron chi connectivity index (χ2n) is 6.98. The Labute approximate surface area is 166 Å². The zero-order chi connectivity index (χ0) is 21.3. The van der Waals surface area contributed by atoms with E-state index < -0.39 is 20.6 Å². The molecule has 150 valence electrons. The van der Waals surface area contributed by atoms with Gasteiger partial charge in [0.05, 0.1) is 10.8 Å². The number of aryl methyl sites for hydroxylation is 2. The molecule has 7 heteroatoms. The Kier molecular flexibility index (Phi) is 7.47. The van der Waals surface area contributed by atoms with E-state index in [4.69, 9.17) is 0 Å². The highest BCUT2D eigenvalue weighted by Gasteiger charge is 2.16. The maximum Gasteiger partial charge on any atom is 0.193 e. The van der Waals surface area contributed by atoms with Crippen molar-refractivity contribution in [2.75, 3.05) is 12.5 Å². The minimum absolute atomic E-state index is 0.207. The first-order chi connectivity index (χ1) is 12.2. The highest BCUT2D eigenvalue weighted by molar-refractivity contribution is 7.90. The number of hydrogen-bond acceptors (Lipinski definition) is 5. The maximum atomic E-state index is 11.4. The van der Waals surface area contributed by atoms with Crippen molar-refractivity contribution < 1.29 is 12.6 Å². The van der Waals surface area contributed by atoms with Crippen LogP contribution in [0.3, 0.4) is 0 Å². The molecule has 27 heavy (non-hydrogen) atoms. The fourth-order valence-corrected chi connectivity index (χ4v) is 4.57. The Hall–Kier alpha value is -1.60. The summed E-state index contributed by atoms with van der Waals surface area (Å²) in [6, 6.07) is 0. The topological polar surface area (TPSA) is 77.0 Å². The van der Waals surface area contributed by atoms with E-state index >= 15 is 0 Å².